The van der Waals surface area contributed by atoms with Crippen molar-refractivity contribution in [3.8, 4) is 11.1 Å². The average Bonchev–Trinajstić information content (AvgIpc) is 2.96. The lowest BCUT2D eigenvalue weighted by Gasteiger charge is -2.22. The fraction of sp³-hybridized carbons (Fsp3) is 0.394. The first-order chi connectivity index (χ1) is 19.4. The zero-order valence-corrected chi connectivity index (χ0v) is 24.1. The smallest absolute Gasteiger partial charge is 0.326 e. The first kappa shape index (κ1) is 29.8. The average molecular weight is 562 g/mol. The van der Waals surface area contributed by atoms with E-state index in [0.717, 1.165) is 46.6 Å². The lowest BCUT2D eigenvalue weighted by Crippen LogP contribution is -2.41. The minimum atomic E-state index is -1.18. The Bertz CT molecular complexity index is 1320. The van der Waals surface area contributed by atoms with Crippen molar-refractivity contribution in [2.75, 3.05) is 18.1 Å². The summed E-state index contributed by atoms with van der Waals surface area (Å²) in [5.41, 5.74) is 8.05. The van der Waals surface area contributed by atoms with Gasteiger partial charge in [-0.3, -0.25) is 4.79 Å². The number of benzene rings is 3. The quantitative estimate of drug-likeness (QED) is 0.233. The van der Waals surface area contributed by atoms with E-state index in [9.17, 15) is 19.8 Å². The van der Waals surface area contributed by atoms with Crippen molar-refractivity contribution in [1.82, 2.24) is 5.32 Å². The van der Waals surface area contributed by atoms with E-state index in [2.05, 4.69) is 30.4 Å². The van der Waals surface area contributed by atoms with Crippen LogP contribution in [-0.4, -0.2) is 46.2 Å². The molecule has 0 aromatic heterocycles. The zero-order valence-electron chi connectivity index (χ0n) is 23.3. The predicted molar refractivity (Wildman–Crippen MR) is 161 cm³/mol. The number of aryl methyl sites for hydroxylation is 3. The Morgan fingerprint density at radius 1 is 1.00 bits per heavy atom. The predicted octanol–water partition coefficient (Wildman–Crippen LogP) is 6.12. The van der Waals surface area contributed by atoms with Crippen LogP contribution in [0.5, 0.6) is 0 Å². The van der Waals surface area contributed by atoms with Gasteiger partial charge in [0.05, 0.1) is 12.7 Å². The molecule has 212 valence electrons. The Hall–Kier alpha value is -3.13. The molecule has 0 bridgehead atoms. The van der Waals surface area contributed by atoms with Gasteiger partial charge in [-0.25, -0.2) is 4.79 Å². The first-order valence-electron chi connectivity index (χ1n) is 14.1. The number of amides is 1. The number of carboxylic acid groups (broad SMARTS) is 1. The number of carboxylic acids is 1. The van der Waals surface area contributed by atoms with Gasteiger partial charge in [0, 0.05) is 24.3 Å². The Balaban J connectivity index is 1.61. The van der Waals surface area contributed by atoms with Gasteiger partial charge in [0.15, 0.2) is 0 Å². The topological polar surface area (TPSA) is 95.9 Å². The van der Waals surface area contributed by atoms with Crippen molar-refractivity contribution < 1.29 is 24.5 Å². The molecule has 6 nitrogen and oxygen atoms in total. The summed E-state index contributed by atoms with van der Waals surface area (Å²) in [7, 11) is 0. The van der Waals surface area contributed by atoms with Crippen LogP contribution in [0, 0.1) is 6.92 Å². The van der Waals surface area contributed by atoms with E-state index in [1.54, 1.807) is 6.07 Å². The molecule has 2 unspecified atom stereocenters. The third-order valence-electron chi connectivity index (χ3n) is 7.45. The largest absolute Gasteiger partial charge is 0.480 e. The molecule has 0 aliphatic heterocycles. The molecule has 40 heavy (non-hydrogen) atoms. The third kappa shape index (κ3) is 7.53. The van der Waals surface area contributed by atoms with Crippen LogP contribution in [-0.2, 0) is 29.0 Å². The number of hydrogen-bond acceptors (Lipinski definition) is 5. The van der Waals surface area contributed by atoms with Crippen LogP contribution < -0.4 is 5.32 Å². The molecular weight excluding hydrogens is 522 g/mol. The van der Waals surface area contributed by atoms with Gasteiger partial charge in [-0.1, -0.05) is 55.5 Å². The number of rotatable bonds is 13. The first-order valence-corrected chi connectivity index (χ1v) is 15.2. The molecule has 1 amide bonds. The highest BCUT2D eigenvalue weighted by Gasteiger charge is 2.23. The summed E-state index contributed by atoms with van der Waals surface area (Å²) in [6, 6.07) is 19.0. The van der Waals surface area contributed by atoms with E-state index in [1.807, 2.05) is 55.1 Å². The van der Waals surface area contributed by atoms with Gasteiger partial charge in [0.1, 0.15) is 6.04 Å². The second-order valence-electron chi connectivity index (χ2n) is 10.3. The second kappa shape index (κ2) is 14.5. The summed E-state index contributed by atoms with van der Waals surface area (Å²) >= 11 is 1.86. The van der Waals surface area contributed by atoms with Crippen LogP contribution in [0.4, 0.5) is 0 Å². The fourth-order valence-electron chi connectivity index (χ4n) is 5.22. The van der Waals surface area contributed by atoms with Gasteiger partial charge in [-0.05, 0) is 89.4 Å². The molecule has 0 heterocycles. The Morgan fingerprint density at radius 2 is 1.77 bits per heavy atom. The van der Waals surface area contributed by atoms with E-state index in [0.29, 0.717) is 12.2 Å². The molecule has 0 saturated carbocycles. The Labute approximate surface area is 241 Å². The summed E-state index contributed by atoms with van der Waals surface area (Å²) in [4.78, 5) is 24.8. The number of nitrogens with one attached hydrogen (secondary N) is 1. The van der Waals surface area contributed by atoms with E-state index in [1.165, 1.54) is 29.5 Å². The molecule has 0 radical (unpaired) electrons. The van der Waals surface area contributed by atoms with Crippen LogP contribution in [0.15, 0.2) is 60.7 Å². The molecule has 0 fully saturated rings. The number of hydrogen-bond donors (Lipinski definition) is 3. The number of aliphatic carboxylic acids is 1. The molecule has 3 N–H and O–H groups in total. The summed E-state index contributed by atoms with van der Waals surface area (Å²) in [5, 5.41) is 21.3. The number of fused-ring (bicyclic) bond motifs is 1. The van der Waals surface area contributed by atoms with Gasteiger partial charge in [0.2, 0.25) is 0 Å². The van der Waals surface area contributed by atoms with Gasteiger partial charge < -0.3 is 20.3 Å². The number of aliphatic hydroxyl groups is 1. The van der Waals surface area contributed by atoms with Crippen molar-refractivity contribution >= 4 is 23.6 Å². The molecule has 3 aromatic carbocycles. The highest BCUT2D eigenvalue weighted by Crippen LogP contribution is 2.31. The lowest BCUT2D eigenvalue weighted by atomic mass is 9.89. The molecule has 2 atom stereocenters. The SMILES string of the molecule is CCSCC(OCc1ccc(C(=O)NC(CCO)C(=O)O)c(-c2ccccc2C)c1)c1ccc2c(c1)CCCC2. The van der Waals surface area contributed by atoms with Crippen LogP contribution >= 0.6 is 11.8 Å². The third-order valence-corrected chi connectivity index (χ3v) is 8.40. The maximum atomic E-state index is 13.2. The van der Waals surface area contributed by atoms with Crippen molar-refractivity contribution in [3.05, 3.63) is 94.0 Å². The maximum Gasteiger partial charge on any atom is 0.326 e. The number of ether oxygens (including phenoxy) is 1. The van der Waals surface area contributed by atoms with Gasteiger partial charge in [-0.15, -0.1) is 0 Å². The number of carbonyl (C=O) groups excluding carboxylic acids is 1. The molecule has 0 spiro atoms. The van der Waals surface area contributed by atoms with Gasteiger partial charge in [-0.2, -0.15) is 11.8 Å². The lowest BCUT2D eigenvalue weighted by molar-refractivity contribution is -0.139. The molecule has 1 aliphatic rings. The van der Waals surface area contributed by atoms with Crippen LogP contribution in [0.1, 0.15) is 70.5 Å². The zero-order chi connectivity index (χ0) is 28.5. The van der Waals surface area contributed by atoms with Crippen molar-refractivity contribution in [2.45, 2.75) is 64.7 Å². The van der Waals surface area contributed by atoms with Crippen molar-refractivity contribution in [1.29, 1.82) is 0 Å². The highest BCUT2D eigenvalue weighted by molar-refractivity contribution is 7.99. The van der Waals surface area contributed by atoms with E-state index < -0.39 is 17.9 Å². The molecule has 0 saturated heterocycles. The number of thioether (sulfide) groups is 1. The Morgan fingerprint density at radius 3 is 2.50 bits per heavy atom. The van der Waals surface area contributed by atoms with Crippen LogP contribution in [0.3, 0.4) is 0 Å². The number of aliphatic hydroxyl groups excluding tert-OH is 1. The maximum absolute atomic E-state index is 13.2. The molecule has 1 aliphatic carbocycles. The summed E-state index contributed by atoms with van der Waals surface area (Å²) in [6.45, 7) is 4.19. The summed E-state index contributed by atoms with van der Waals surface area (Å²) in [5.74, 6) is 0.211. The normalized spacial score (nSPS) is 14.3. The Kier molecular flexibility index (Phi) is 10.8. The van der Waals surface area contributed by atoms with Gasteiger partial charge in [0.25, 0.3) is 5.91 Å². The van der Waals surface area contributed by atoms with E-state index in [-0.39, 0.29) is 19.1 Å². The van der Waals surface area contributed by atoms with Crippen LogP contribution in [0.25, 0.3) is 11.1 Å². The summed E-state index contributed by atoms with van der Waals surface area (Å²) in [6.07, 6.45) is 4.67. The van der Waals surface area contributed by atoms with Crippen molar-refractivity contribution in [3.63, 3.8) is 0 Å². The fourth-order valence-corrected chi connectivity index (χ4v) is 5.95. The highest BCUT2D eigenvalue weighted by atomic mass is 32.2. The van der Waals surface area contributed by atoms with Gasteiger partial charge >= 0.3 is 5.97 Å². The monoisotopic (exact) mass is 561 g/mol. The molecule has 4 rings (SSSR count). The molecular formula is C33H39NO5S. The van der Waals surface area contributed by atoms with Crippen molar-refractivity contribution in [2.24, 2.45) is 0 Å². The standard InChI is InChI=1S/C33H39NO5S/c1-3-40-21-31(26-14-13-24-9-5-6-10-25(24)19-26)39-20-23-12-15-28(32(36)34-30(16-17-35)33(37)38)29(18-23)27-11-7-4-8-22(27)2/h4,7-8,11-15,18-19,30-31,35H,3,5-6,9-10,16-17,20-21H2,1-2H3,(H,34,36)(H,37,38). The minimum Gasteiger partial charge on any atom is -0.480 e. The second-order valence-corrected chi connectivity index (χ2v) is 11.6. The van der Waals surface area contributed by atoms with Crippen LogP contribution in [0.2, 0.25) is 0 Å². The van der Waals surface area contributed by atoms with E-state index in [4.69, 9.17) is 4.74 Å². The van der Waals surface area contributed by atoms with E-state index >= 15 is 0 Å². The number of carbonyl (C=O) groups is 2. The molecule has 7 heteroatoms. The summed E-state index contributed by atoms with van der Waals surface area (Å²) < 4.78 is 6.53. The minimum absolute atomic E-state index is 0.0446. The molecule has 3 aromatic rings.